The Kier molecular flexibility index (Phi) is 7.31. The number of hydrogen-bond donors (Lipinski definition) is 1. The first kappa shape index (κ1) is 25.7. The normalized spacial score (nSPS) is 15.3. The molecule has 0 spiro atoms. The molecule has 0 saturated carbocycles. The van der Waals surface area contributed by atoms with E-state index in [-0.39, 0.29) is 31.1 Å². The van der Waals surface area contributed by atoms with Crippen LogP contribution in [0.25, 0.3) is 6.08 Å². The average molecular weight is 551 g/mol. The van der Waals surface area contributed by atoms with Gasteiger partial charge in [0, 0.05) is 16.8 Å². The fraction of sp³-hybridized carbons (Fsp3) is 0.179. The molecule has 8 nitrogen and oxygen atoms in total. The van der Waals surface area contributed by atoms with Gasteiger partial charge in [0.05, 0.1) is 11.4 Å². The Morgan fingerprint density at radius 2 is 1.82 bits per heavy atom. The van der Waals surface area contributed by atoms with E-state index < -0.39 is 5.91 Å². The van der Waals surface area contributed by atoms with Crippen LogP contribution < -0.4 is 19.5 Å². The van der Waals surface area contributed by atoms with Crippen molar-refractivity contribution in [2.24, 2.45) is 0 Å². The van der Waals surface area contributed by atoms with Crippen LogP contribution in [0.2, 0.25) is 5.02 Å². The molecule has 3 aromatic carbocycles. The van der Waals surface area contributed by atoms with E-state index in [0.717, 1.165) is 33.5 Å². The number of carbonyl (C=O) groups excluding carboxylic acids is 3. The van der Waals surface area contributed by atoms with Crippen LogP contribution in [0, 0.1) is 13.8 Å². The number of benzene rings is 3. The third-order valence-electron chi connectivity index (χ3n) is 5.95. The second kappa shape index (κ2) is 10.8. The molecule has 194 valence electrons. The SMILES string of the molecule is Cc1ccc(NC(=O)COc2ccc(/C=C3\SC(=O)N(Cc4cc5c(cc4Cl)OCO5)C3=O)cc2)c(C)c1. The zero-order valence-electron chi connectivity index (χ0n) is 20.6. The van der Waals surface area contributed by atoms with Gasteiger partial charge in [-0.25, -0.2) is 0 Å². The summed E-state index contributed by atoms with van der Waals surface area (Å²) in [6.45, 7) is 3.91. The lowest BCUT2D eigenvalue weighted by Gasteiger charge is -2.14. The Morgan fingerprint density at radius 1 is 1.08 bits per heavy atom. The molecule has 0 radical (unpaired) electrons. The van der Waals surface area contributed by atoms with E-state index in [4.69, 9.17) is 25.8 Å². The lowest BCUT2D eigenvalue weighted by molar-refractivity contribution is -0.123. The minimum absolute atomic E-state index is 0.0223. The molecule has 2 aliphatic heterocycles. The Balaban J connectivity index is 1.19. The predicted octanol–water partition coefficient (Wildman–Crippen LogP) is 5.94. The van der Waals surface area contributed by atoms with E-state index in [1.165, 1.54) is 0 Å². The summed E-state index contributed by atoms with van der Waals surface area (Å²) in [6, 6.07) is 16.0. The van der Waals surface area contributed by atoms with Gasteiger partial charge in [0.1, 0.15) is 5.75 Å². The van der Waals surface area contributed by atoms with E-state index in [9.17, 15) is 14.4 Å². The minimum atomic E-state index is -0.405. The van der Waals surface area contributed by atoms with Gasteiger partial charge in [-0.15, -0.1) is 0 Å². The van der Waals surface area contributed by atoms with Gasteiger partial charge < -0.3 is 19.5 Å². The molecule has 3 aromatic rings. The van der Waals surface area contributed by atoms with Crippen molar-refractivity contribution in [1.82, 2.24) is 4.90 Å². The highest BCUT2D eigenvalue weighted by Gasteiger charge is 2.35. The Labute approximate surface area is 228 Å². The molecule has 0 bridgehead atoms. The first-order valence-corrected chi connectivity index (χ1v) is 12.9. The number of nitrogens with zero attached hydrogens (tertiary/aromatic N) is 1. The number of ether oxygens (including phenoxy) is 3. The van der Waals surface area contributed by atoms with Crippen molar-refractivity contribution in [1.29, 1.82) is 0 Å². The molecule has 1 N–H and O–H groups in total. The fourth-order valence-corrected chi connectivity index (χ4v) is 5.04. The molecule has 38 heavy (non-hydrogen) atoms. The molecular formula is C28H23ClN2O6S. The maximum atomic E-state index is 13.0. The predicted molar refractivity (Wildman–Crippen MR) is 146 cm³/mol. The summed E-state index contributed by atoms with van der Waals surface area (Å²) in [6.07, 6.45) is 1.64. The highest BCUT2D eigenvalue weighted by Crippen LogP contribution is 2.39. The summed E-state index contributed by atoms with van der Waals surface area (Å²) in [5.41, 5.74) is 4.14. The number of amides is 3. The van der Waals surface area contributed by atoms with Gasteiger partial charge in [0.25, 0.3) is 17.1 Å². The summed E-state index contributed by atoms with van der Waals surface area (Å²) in [4.78, 5) is 39.3. The number of aryl methyl sites for hydroxylation is 2. The Hall–Kier alpha value is -3.95. The van der Waals surface area contributed by atoms with Crippen molar-refractivity contribution in [3.63, 3.8) is 0 Å². The van der Waals surface area contributed by atoms with Crippen LogP contribution in [0.15, 0.2) is 59.5 Å². The summed E-state index contributed by atoms with van der Waals surface area (Å²) in [7, 11) is 0. The van der Waals surface area contributed by atoms with E-state index in [2.05, 4.69) is 5.32 Å². The summed E-state index contributed by atoms with van der Waals surface area (Å²) >= 11 is 7.18. The van der Waals surface area contributed by atoms with Gasteiger partial charge in [-0.1, -0.05) is 41.4 Å². The van der Waals surface area contributed by atoms with Crippen LogP contribution in [0.3, 0.4) is 0 Å². The van der Waals surface area contributed by atoms with Crippen LogP contribution in [0.5, 0.6) is 17.2 Å². The van der Waals surface area contributed by atoms with Crippen molar-refractivity contribution >= 4 is 52.2 Å². The summed E-state index contributed by atoms with van der Waals surface area (Å²) in [5, 5.41) is 2.84. The van der Waals surface area contributed by atoms with Crippen molar-refractivity contribution in [3.8, 4) is 17.2 Å². The van der Waals surface area contributed by atoms with Crippen molar-refractivity contribution in [2.75, 3.05) is 18.7 Å². The number of carbonyl (C=O) groups is 3. The second-order valence-electron chi connectivity index (χ2n) is 8.79. The lowest BCUT2D eigenvalue weighted by atomic mass is 10.1. The smallest absolute Gasteiger partial charge is 0.293 e. The highest BCUT2D eigenvalue weighted by molar-refractivity contribution is 8.18. The fourth-order valence-electron chi connectivity index (χ4n) is 3.99. The Morgan fingerprint density at radius 3 is 2.55 bits per heavy atom. The van der Waals surface area contributed by atoms with Gasteiger partial charge in [0.2, 0.25) is 6.79 Å². The molecule has 1 saturated heterocycles. The minimum Gasteiger partial charge on any atom is -0.484 e. The maximum absolute atomic E-state index is 13.0. The molecule has 5 rings (SSSR count). The maximum Gasteiger partial charge on any atom is 0.293 e. The quantitative estimate of drug-likeness (QED) is 0.364. The van der Waals surface area contributed by atoms with E-state index >= 15 is 0 Å². The van der Waals surface area contributed by atoms with Gasteiger partial charge in [0.15, 0.2) is 18.1 Å². The standard InChI is InChI=1S/C28H23ClN2O6S/c1-16-3-8-22(17(2)9-16)30-26(32)14-35-20-6-4-18(5-7-20)10-25-27(33)31(28(34)38-25)13-19-11-23-24(12-21(19)29)37-15-36-23/h3-12H,13-15H2,1-2H3,(H,30,32)/b25-10-. The topological polar surface area (TPSA) is 94.2 Å². The first-order chi connectivity index (χ1) is 18.3. The van der Waals surface area contributed by atoms with Crippen LogP contribution >= 0.6 is 23.4 Å². The zero-order valence-corrected chi connectivity index (χ0v) is 22.2. The summed E-state index contributed by atoms with van der Waals surface area (Å²) in [5.74, 6) is 0.886. The number of anilines is 1. The van der Waals surface area contributed by atoms with Gasteiger partial charge in [-0.05, 0) is 72.6 Å². The average Bonchev–Trinajstić information content (AvgIpc) is 3.44. The first-order valence-electron chi connectivity index (χ1n) is 11.7. The highest BCUT2D eigenvalue weighted by atomic mass is 35.5. The molecule has 0 aromatic heterocycles. The van der Waals surface area contributed by atoms with Gasteiger partial charge in [-0.3, -0.25) is 19.3 Å². The number of fused-ring (bicyclic) bond motifs is 1. The summed E-state index contributed by atoms with van der Waals surface area (Å²) < 4.78 is 16.3. The number of hydrogen-bond acceptors (Lipinski definition) is 7. The van der Waals surface area contributed by atoms with Crippen LogP contribution in [-0.4, -0.2) is 35.4 Å². The molecule has 10 heteroatoms. The molecule has 3 amide bonds. The Bertz CT molecular complexity index is 1470. The molecule has 0 aliphatic carbocycles. The third kappa shape index (κ3) is 5.64. The number of thioether (sulfide) groups is 1. The number of nitrogens with one attached hydrogen (secondary N) is 1. The van der Waals surface area contributed by atoms with E-state index in [1.54, 1.807) is 42.5 Å². The molecule has 0 unspecified atom stereocenters. The van der Waals surface area contributed by atoms with Crippen LogP contribution in [0.4, 0.5) is 10.5 Å². The molecule has 1 fully saturated rings. The van der Waals surface area contributed by atoms with E-state index in [1.807, 2.05) is 32.0 Å². The van der Waals surface area contributed by atoms with E-state index in [0.29, 0.717) is 38.3 Å². The lowest BCUT2D eigenvalue weighted by Crippen LogP contribution is -2.27. The van der Waals surface area contributed by atoms with Gasteiger partial charge in [-0.2, -0.15) is 0 Å². The van der Waals surface area contributed by atoms with Crippen molar-refractivity contribution < 1.29 is 28.6 Å². The van der Waals surface area contributed by atoms with Crippen molar-refractivity contribution in [3.05, 3.63) is 86.8 Å². The van der Waals surface area contributed by atoms with Crippen LogP contribution in [-0.2, 0) is 16.1 Å². The van der Waals surface area contributed by atoms with Gasteiger partial charge >= 0.3 is 0 Å². The van der Waals surface area contributed by atoms with Crippen LogP contribution in [0.1, 0.15) is 22.3 Å². The number of imide groups is 1. The molecule has 2 heterocycles. The van der Waals surface area contributed by atoms with Crippen molar-refractivity contribution in [2.45, 2.75) is 20.4 Å². The molecule has 2 aliphatic rings. The molecular weight excluding hydrogens is 528 g/mol. The molecule has 0 atom stereocenters. The number of halogens is 1. The third-order valence-corrected chi connectivity index (χ3v) is 7.21. The largest absolute Gasteiger partial charge is 0.484 e. The zero-order chi connectivity index (χ0) is 26.8. The number of rotatable bonds is 7. The second-order valence-corrected chi connectivity index (χ2v) is 10.2. The monoisotopic (exact) mass is 550 g/mol.